The molecule has 0 radical (unpaired) electrons. The first-order chi connectivity index (χ1) is 28.5. The molecule has 2 saturated carbocycles. The summed E-state index contributed by atoms with van der Waals surface area (Å²) < 4.78 is 23.9. The molecule has 7 heterocycles. The Morgan fingerprint density at radius 1 is 0.763 bits per heavy atom. The fourth-order valence-corrected chi connectivity index (χ4v) is 10.1. The number of benzene rings is 2. The molecule has 2 atom stereocenters. The molecule has 6 fully saturated rings. The van der Waals surface area contributed by atoms with Gasteiger partial charge in [-0.1, -0.05) is 22.4 Å². The SMILES string of the molecule is Cc1noc(C)c1-c1ccc(NC2CC3(COC3)C2)c(NC(=O)[C@@H]2CCC(=O)N2)c1.Cc1noc(C)c1-c1ccc2c(c1)nc([C@@H]1CCC(=O)N1)n2C1CC2(COC2)C1. The Hall–Kier alpha value is -5.54. The average molecular weight is 803 g/mol. The minimum absolute atomic E-state index is 0.00777. The summed E-state index contributed by atoms with van der Waals surface area (Å²) in [5.74, 6) is 2.37. The smallest absolute Gasteiger partial charge is 0.247 e. The fourth-order valence-electron chi connectivity index (χ4n) is 10.1. The molecule has 15 nitrogen and oxygen atoms in total. The minimum atomic E-state index is -0.493. The van der Waals surface area contributed by atoms with E-state index in [1.807, 2.05) is 45.9 Å². The fraction of sp³-hybridized carbons (Fsp3) is 0.500. The number of anilines is 2. The van der Waals surface area contributed by atoms with Crippen LogP contribution in [-0.2, 0) is 23.9 Å². The van der Waals surface area contributed by atoms with E-state index >= 15 is 0 Å². The van der Waals surface area contributed by atoms with Crippen LogP contribution in [0.15, 0.2) is 45.4 Å². The zero-order chi connectivity index (χ0) is 40.6. The summed E-state index contributed by atoms with van der Waals surface area (Å²) in [5, 5.41) is 20.6. The molecule has 3 amide bonds. The summed E-state index contributed by atoms with van der Waals surface area (Å²) >= 11 is 0. The number of imidazole rings is 1. The van der Waals surface area contributed by atoms with Crippen molar-refractivity contribution in [2.24, 2.45) is 10.8 Å². The second-order valence-corrected chi connectivity index (χ2v) is 17.8. The largest absolute Gasteiger partial charge is 0.381 e. The van der Waals surface area contributed by atoms with Crippen molar-refractivity contribution in [2.45, 2.75) is 103 Å². The van der Waals surface area contributed by atoms with Gasteiger partial charge in [0.2, 0.25) is 17.7 Å². The van der Waals surface area contributed by atoms with Gasteiger partial charge in [-0.05, 0) is 102 Å². The van der Waals surface area contributed by atoms with Crippen LogP contribution in [0.4, 0.5) is 11.4 Å². The summed E-state index contributed by atoms with van der Waals surface area (Å²) in [6, 6.07) is 12.6. The van der Waals surface area contributed by atoms with E-state index in [0.29, 0.717) is 47.9 Å². The van der Waals surface area contributed by atoms with Gasteiger partial charge in [-0.25, -0.2) is 4.98 Å². The first-order valence-corrected chi connectivity index (χ1v) is 20.8. The molecule has 308 valence electrons. The first kappa shape index (κ1) is 37.7. The second kappa shape index (κ2) is 14.3. The lowest BCUT2D eigenvalue weighted by atomic mass is 9.64. The van der Waals surface area contributed by atoms with Crippen molar-refractivity contribution in [1.29, 1.82) is 0 Å². The third kappa shape index (κ3) is 6.77. The highest BCUT2D eigenvalue weighted by atomic mass is 16.5. The number of nitrogens with zero attached hydrogens (tertiary/aromatic N) is 4. The van der Waals surface area contributed by atoms with Crippen molar-refractivity contribution in [3.05, 3.63) is 65.1 Å². The molecule has 0 bridgehead atoms. The van der Waals surface area contributed by atoms with Crippen molar-refractivity contribution in [3.63, 3.8) is 0 Å². The van der Waals surface area contributed by atoms with E-state index < -0.39 is 6.04 Å². The van der Waals surface area contributed by atoms with Gasteiger partial charge in [0.25, 0.3) is 0 Å². The van der Waals surface area contributed by atoms with Crippen LogP contribution in [0.2, 0.25) is 0 Å². The molecule has 15 heteroatoms. The Balaban J connectivity index is 0.000000143. The van der Waals surface area contributed by atoms with Gasteiger partial charge in [0.05, 0.1) is 66.3 Å². The van der Waals surface area contributed by atoms with Gasteiger partial charge in [-0.15, -0.1) is 0 Å². The number of aryl methyl sites for hydroxylation is 4. The minimum Gasteiger partial charge on any atom is -0.381 e. The molecule has 11 rings (SSSR count). The topological polar surface area (TPSA) is 188 Å². The summed E-state index contributed by atoms with van der Waals surface area (Å²) in [5.41, 5.74) is 10.0. The molecule has 2 spiro atoms. The Morgan fingerprint density at radius 3 is 1.93 bits per heavy atom. The van der Waals surface area contributed by atoms with Gasteiger partial charge in [0, 0.05) is 46.9 Å². The van der Waals surface area contributed by atoms with Gasteiger partial charge in [-0.2, -0.15) is 0 Å². The summed E-state index contributed by atoms with van der Waals surface area (Å²) in [7, 11) is 0. The van der Waals surface area contributed by atoms with Gasteiger partial charge < -0.3 is 44.4 Å². The van der Waals surface area contributed by atoms with Crippen LogP contribution in [0.1, 0.15) is 92.2 Å². The molecular weight excluding hydrogens is 753 g/mol. The summed E-state index contributed by atoms with van der Waals surface area (Å²) in [6.45, 7) is 11.1. The van der Waals surface area contributed by atoms with Crippen LogP contribution >= 0.6 is 0 Å². The lowest BCUT2D eigenvalue weighted by molar-refractivity contribution is -0.174. The molecule has 4 N–H and O–H groups in total. The van der Waals surface area contributed by atoms with Crippen molar-refractivity contribution >= 4 is 40.1 Å². The van der Waals surface area contributed by atoms with E-state index in [1.54, 1.807) is 0 Å². The second-order valence-electron chi connectivity index (χ2n) is 17.8. The van der Waals surface area contributed by atoms with Gasteiger partial charge in [-0.3, -0.25) is 14.4 Å². The van der Waals surface area contributed by atoms with E-state index in [0.717, 1.165) is 126 Å². The van der Waals surface area contributed by atoms with Gasteiger partial charge in [0.1, 0.15) is 23.4 Å². The van der Waals surface area contributed by atoms with E-state index in [9.17, 15) is 14.4 Å². The van der Waals surface area contributed by atoms with Crippen molar-refractivity contribution in [1.82, 2.24) is 30.5 Å². The van der Waals surface area contributed by atoms with Crippen LogP contribution in [0.25, 0.3) is 33.3 Å². The Bertz CT molecular complexity index is 2440. The number of aromatic nitrogens is 4. The van der Waals surface area contributed by atoms with Crippen LogP contribution in [0, 0.1) is 38.5 Å². The normalized spacial score (nSPS) is 23.8. The van der Waals surface area contributed by atoms with Crippen LogP contribution in [-0.4, -0.2) is 76.1 Å². The zero-order valence-electron chi connectivity index (χ0n) is 33.9. The van der Waals surface area contributed by atoms with Crippen LogP contribution in [0.3, 0.4) is 0 Å². The van der Waals surface area contributed by atoms with Gasteiger partial charge >= 0.3 is 0 Å². The van der Waals surface area contributed by atoms with E-state index in [4.69, 9.17) is 23.5 Å². The predicted octanol–water partition coefficient (Wildman–Crippen LogP) is 6.38. The number of amides is 3. The number of nitrogens with one attached hydrogen (secondary N) is 4. The van der Waals surface area contributed by atoms with Crippen LogP contribution in [0.5, 0.6) is 0 Å². The Morgan fingerprint density at radius 2 is 1.37 bits per heavy atom. The third-order valence-corrected chi connectivity index (χ3v) is 13.3. The molecule has 3 aromatic heterocycles. The molecule has 4 saturated heterocycles. The third-order valence-electron chi connectivity index (χ3n) is 13.3. The predicted molar refractivity (Wildman–Crippen MR) is 217 cm³/mol. The quantitative estimate of drug-likeness (QED) is 0.136. The molecule has 2 aliphatic carbocycles. The maximum Gasteiger partial charge on any atom is 0.247 e. The van der Waals surface area contributed by atoms with Crippen molar-refractivity contribution < 1.29 is 32.9 Å². The highest BCUT2D eigenvalue weighted by molar-refractivity contribution is 6.01. The van der Waals surface area contributed by atoms with E-state index in [-0.39, 0.29) is 23.8 Å². The maximum absolute atomic E-state index is 12.8. The highest BCUT2D eigenvalue weighted by Gasteiger charge is 2.52. The van der Waals surface area contributed by atoms with E-state index in [2.05, 4.69) is 54.3 Å². The number of hydrogen-bond donors (Lipinski definition) is 4. The molecule has 2 aromatic carbocycles. The highest BCUT2D eigenvalue weighted by Crippen LogP contribution is 2.55. The lowest BCUT2D eigenvalue weighted by Crippen LogP contribution is -2.56. The summed E-state index contributed by atoms with van der Waals surface area (Å²) in [6.07, 6.45) is 6.67. The number of carbonyl (C=O) groups excluding carboxylic acids is 3. The Kier molecular flexibility index (Phi) is 9.16. The monoisotopic (exact) mass is 802 g/mol. The zero-order valence-corrected chi connectivity index (χ0v) is 33.9. The molecule has 5 aromatic rings. The molecule has 0 unspecified atom stereocenters. The number of carbonyl (C=O) groups is 3. The molecule has 6 aliphatic rings. The van der Waals surface area contributed by atoms with Crippen molar-refractivity contribution in [3.8, 4) is 22.3 Å². The van der Waals surface area contributed by atoms with Crippen molar-refractivity contribution in [2.75, 3.05) is 37.1 Å². The van der Waals surface area contributed by atoms with Crippen LogP contribution < -0.4 is 21.3 Å². The first-order valence-electron chi connectivity index (χ1n) is 20.8. The molecule has 59 heavy (non-hydrogen) atoms. The number of hydrogen-bond acceptors (Lipinski definition) is 11. The standard InChI is InChI=1S/C22H26N4O4.C22H24N4O3/c1-12-20(13(2)30-26-12)14-3-4-16(23-15-8-22(9-15)10-29-11-22)18(7-14)25-21(28)17-5-6-19(27)24-17;1-12-20(13(2)29-25-12)14-3-5-18-17(7-14)24-21(16-4-6-19(27)23-16)26(18)15-8-22(9-15)10-28-11-22/h3-4,7,15,17,23H,5-6,8-11H2,1-2H3,(H,24,27)(H,25,28);3,5,7,15-16H,4,6,8-11H2,1-2H3,(H,23,27)/t17-;16-/m00/s1. The maximum atomic E-state index is 12.8. The van der Waals surface area contributed by atoms with E-state index in [1.165, 1.54) is 0 Å². The number of rotatable bonds is 8. The molecule has 4 aliphatic heterocycles. The van der Waals surface area contributed by atoms with Gasteiger partial charge in [0.15, 0.2) is 0 Å². The molecular formula is C44H50N8O7. The lowest BCUT2D eigenvalue weighted by Gasteiger charge is -2.54. The average Bonchev–Trinajstić information content (AvgIpc) is 3.98. The Labute approximate surface area is 341 Å². The number of fused-ring (bicyclic) bond motifs is 1. The number of ether oxygens (including phenoxy) is 2. The summed E-state index contributed by atoms with van der Waals surface area (Å²) in [4.78, 5) is 41.2.